The number of hydrogen-bond acceptors (Lipinski definition) is 4. The zero-order valence-electron chi connectivity index (χ0n) is 11.0. The Morgan fingerprint density at radius 1 is 1.25 bits per heavy atom. The van der Waals surface area contributed by atoms with Crippen molar-refractivity contribution < 1.29 is 0 Å². The Balaban J connectivity index is 1.90. The summed E-state index contributed by atoms with van der Waals surface area (Å²) in [7, 11) is 1.96. The molecule has 0 saturated carbocycles. The van der Waals surface area contributed by atoms with Gasteiger partial charge in [0.2, 0.25) is 0 Å². The van der Waals surface area contributed by atoms with Crippen molar-refractivity contribution >= 4 is 37.5 Å². The second-order valence-corrected chi connectivity index (χ2v) is 6.46. The van der Waals surface area contributed by atoms with Crippen LogP contribution in [0.1, 0.15) is 16.7 Å². The van der Waals surface area contributed by atoms with Crippen LogP contribution in [0.15, 0.2) is 47.1 Å². The second kappa shape index (κ2) is 5.99. The number of hydrogen-bond donors (Lipinski definition) is 1. The van der Waals surface area contributed by atoms with Crippen molar-refractivity contribution in [3.8, 4) is 0 Å². The maximum atomic E-state index is 4.69. The molecule has 1 unspecified atom stereocenters. The number of rotatable bonds is 4. The fourth-order valence-corrected chi connectivity index (χ4v) is 3.72. The molecule has 0 spiro atoms. The van der Waals surface area contributed by atoms with E-state index in [0.717, 1.165) is 27.1 Å². The van der Waals surface area contributed by atoms with Gasteiger partial charge in [-0.2, -0.15) is 0 Å². The lowest BCUT2D eigenvalue weighted by Gasteiger charge is -2.15. The molecule has 1 atom stereocenters. The van der Waals surface area contributed by atoms with E-state index in [1.165, 1.54) is 4.70 Å². The Bertz CT molecular complexity index is 693. The van der Waals surface area contributed by atoms with E-state index in [2.05, 4.69) is 44.4 Å². The molecule has 5 heteroatoms. The van der Waals surface area contributed by atoms with Gasteiger partial charge in [-0.05, 0) is 47.2 Å². The number of benzene rings is 1. The highest BCUT2D eigenvalue weighted by molar-refractivity contribution is 9.10. The maximum absolute atomic E-state index is 4.69. The summed E-state index contributed by atoms with van der Waals surface area (Å²) in [4.78, 5) is 9.16. The fourth-order valence-electron chi connectivity index (χ4n) is 2.17. The molecule has 3 nitrogen and oxygen atoms in total. The molecule has 0 fully saturated rings. The van der Waals surface area contributed by atoms with E-state index in [1.54, 1.807) is 11.3 Å². The molecule has 1 aromatic carbocycles. The predicted octanol–water partition coefficient (Wildman–Crippen LogP) is 3.96. The third-order valence-electron chi connectivity index (χ3n) is 3.18. The van der Waals surface area contributed by atoms with Crippen molar-refractivity contribution in [3.05, 3.63) is 57.8 Å². The summed E-state index contributed by atoms with van der Waals surface area (Å²) in [6, 6.07) is 12.3. The van der Waals surface area contributed by atoms with Crippen molar-refractivity contribution in [2.75, 3.05) is 7.05 Å². The first-order chi connectivity index (χ1) is 9.78. The Morgan fingerprint density at radius 2 is 2.10 bits per heavy atom. The van der Waals surface area contributed by atoms with Crippen molar-refractivity contribution in [2.24, 2.45) is 0 Å². The third kappa shape index (κ3) is 2.75. The molecule has 2 aromatic heterocycles. The van der Waals surface area contributed by atoms with Crippen LogP contribution < -0.4 is 5.32 Å². The number of nitrogens with one attached hydrogen (secondary N) is 1. The first kappa shape index (κ1) is 13.7. The summed E-state index contributed by atoms with van der Waals surface area (Å²) in [5.74, 6) is 0. The van der Waals surface area contributed by atoms with Gasteiger partial charge in [-0.15, -0.1) is 11.3 Å². The molecule has 2 heterocycles. The van der Waals surface area contributed by atoms with Crippen molar-refractivity contribution in [1.29, 1.82) is 0 Å². The molecule has 102 valence electrons. The van der Waals surface area contributed by atoms with Crippen LogP contribution in [0.5, 0.6) is 0 Å². The highest BCUT2D eigenvalue weighted by atomic mass is 79.9. The maximum Gasteiger partial charge on any atom is 0.0958 e. The smallest absolute Gasteiger partial charge is 0.0958 e. The quantitative estimate of drug-likeness (QED) is 0.776. The Hall–Kier alpha value is -1.30. The lowest BCUT2D eigenvalue weighted by molar-refractivity contribution is 0.572. The van der Waals surface area contributed by atoms with Crippen molar-refractivity contribution in [2.45, 2.75) is 12.5 Å². The van der Waals surface area contributed by atoms with Crippen LogP contribution in [0.2, 0.25) is 0 Å². The Kier molecular flexibility index (Phi) is 4.10. The normalized spacial score (nSPS) is 12.7. The molecule has 3 aromatic rings. The van der Waals surface area contributed by atoms with Gasteiger partial charge in [0, 0.05) is 17.1 Å². The largest absolute Gasteiger partial charge is 0.311 e. The number of para-hydroxylation sites is 1. The van der Waals surface area contributed by atoms with E-state index in [9.17, 15) is 0 Å². The minimum Gasteiger partial charge on any atom is -0.311 e. The molecule has 0 aliphatic rings. The number of halogens is 1. The van der Waals surface area contributed by atoms with Crippen LogP contribution in [-0.4, -0.2) is 17.0 Å². The van der Waals surface area contributed by atoms with Crippen LogP contribution in [0.25, 0.3) is 10.2 Å². The summed E-state index contributed by atoms with van der Waals surface area (Å²) in [6.07, 6.45) is 2.66. The van der Waals surface area contributed by atoms with Crippen LogP contribution in [-0.2, 0) is 6.42 Å². The number of aromatic nitrogens is 2. The van der Waals surface area contributed by atoms with Gasteiger partial charge in [0.25, 0.3) is 0 Å². The summed E-state index contributed by atoms with van der Waals surface area (Å²) in [5, 5.41) is 4.45. The summed E-state index contributed by atoms with van der Waals surface area (Å²) < 4.78 is 2.26. The average Bonchev–Trinajstić information content (AvgIpc) is 2.88. The Morgan fingerprint density at radius 3 is 2.85 bits per heavy atom. The fraction of sp³-hybridized carbons (Fsp3) is 0.200. The SMILES string of the molecule is CNC(Cc1nc2ccccc2s1)c1ncccc1Br. The number of nitrogens with zero attached hydrogens (tertiary/aromatic N) is 2. The minimum absolute atomic E-state index is 0.158. The van der Waals surface area contributed by atoms with E-state index in [-0.39, 0.29) is 6.04 Å². The van der Waals surface area contributed by atoms with Crippen molar-refractivity contribution in [3.63, 3.8) is 0 Å². The van der Waals surface area contributed by atoms with Gasteiger partial charge in [-0.3, -0.25) is 4.98 Å². The standard InChI is InChI=1S/C15H14BrN3S/c1-17-12(15-10(16)5-4-8-18-15)9-14-19-11-6-2-3-7-13(11)20-14/h2-8,12,17H,9H2,1H3. The molecule has 0 amide bonds. The first-order valence-corrected chi connectivity index (χ1v) is 8.01. The molecule has 0 saturated heterocycles. The van der Waals surface area contributed by atoms with E-state index < -0.39 is 0 Å². The second-order valence-electron chi connectivity index (χ2n) is 4.49. The van der Waals surface area contributed by atoms with Gasteiger partial charge in [0.1, 0.15) is 0 Å². The Labute approximate surface area is 130 Å². The molecule has 0 bridgehead atoms. The molecular weight excluding hydrogens is 334 g/mol. The molecule has 0 aliphatic heterocycles. The summed E-state index contributed by atoms with van der Waals surface area (Å²) >= 11 is 5.31. The van der Waals surface area contributed by atoms with Gasteiger partial charge in [0.05, 0.1) is 27.0 Å². The van der Waals surface area contributed by atoms with Gasteiger partial charge in [0.15, 0.2) is 0 Å². The molecule has 0 radical (unpaired) electrons. The molecule has 0 aliphatic carbocycles. The van der Waals surface area contributed by atoms with E-state index in [1.807, 2.05) is 31.4 Å². The van der Waals surface area contributed by atoms with Gasteiger partial charge in [-0.1, -0.05) is 12.1 Å². The topological polar surface area (TPSA) is 37.8 Å². The number of pyridine rings is 1. The van der Waals surface area contributed by atoms with Crippen LogP contribution in [0.3, 0.4) is 0 Å². The molecular formula is C15H14BrN3S. The zero-order valence-corrected chi connectivity index (χ0v) is 13.4. The monoisotopic (exact) mass is 347 g/mol. The molecule has 20 heavy (non-hydrogen) atoms. The number of fused-ring (bicyclic) bond motifs is 1. The average molecular weight is 348 g/mol. The zero-order chi connectivity index (χ0) is 13.9. The highest BCUT2D eigenvalue weighted by Gasteiger charge is 2.16. The molecule has 3 rings (SSSR count). The number of thiazole rings is 1. The predicted molar refractivity (Wildman–Crippen MR) is 87.1 cm³/mol. The lowest BCUT2D eigenvalue weighted by Crippen LogP contribution is -2.20. The van der Waals surface area contributed by atoms with E-state index in [4.69, 9.17) is 4.98 Å². The van der Waals surface area contributed by atoms with Gasteiger partial charge in [-0.25, -0.2) is 4.98 Å². The van der Waals surface area contributed by atoms with Crippen LogP contribution in [0, 0.1) is 0 Å². The van der Waals surface area contributed by atoms with Gasteiger partial charge >= 0.3 is 0 Å². The van der Waals surface area contributed by atoms with E-state index >= 15 is 0 Å². The van der Waals surface area contributed by atoms with Crippen LogP contribution in [0.4, 0.5) is 0 Å². The highest BCUT2D eigenvalue weighted by Crippen LogP contribution is 2.28. The third-order valence-corrected chi connectivity index (χ3v) is 4.91. The lowest BCUT2D eigenvalue weighted by atomic mass is 10.1. The minimum atomic E-state index is 0.158. The van der Waals surface area contributed by atoms with Gasteiger partial charge < -0.3 is 5.32 Å². The van der Waals surface area contributed by atoms with Crippen molar-refractivity contribution in [1.82, 2.24) is 15.3 Å². The van der Waals surface area contributed by atoms with Crippen LogP contribution >= 0.6 is 27.3 Å². The number of likely N-dealkylation sites (N-methyl/N-ethyl adjacent to an activating group) is 1. The summed E-state index contributed by atoms with van der Waals surface area (Å²) in [5.41, 5.74) is 2.09. The van der Waals surface area contributed by atoms with E-state index in [0.29, 0.717) is 0 Å². The first-order valence-electron chi connectivity index (χ1n) is 6.40. The molecule has 1 N–H and O–H groups in total. The summed E-state index contributed by atoms with van der Waals surface area (Å²) in [6.45, 7) is 0.